The van der Waals surface area contributed by atoms with Crippen LogP contribution in [0.3, 0.4) is 0 Å². The summed E-state index contributed by atoms with van der Waals surface area (Å²) in [5.41, 5.74) is 2.98. The van der Waals surface area contributed by atoms with Crippen molar-refractivity contribution in [2.75, 3.05) is 24.6 Å². The van der Waals surface area contributed by atoms with Crippen LogP contribution in [0.15, 0.2) is 60.7 Å². The van der Waals surface area contributed by atoms with Gasteiger partial charge in [0.05, 0.1) is 6.54 Å². The molecule has 4 rings (SSSR count). The van der Waals surface area contributed by atoms with Crippen molar-refractivity contribution in [3.8, 4) is 11.5 Å². The Kier molecular flexibility index (Phi) is 9.95. The molecule has 178 valence electrons. The maximum absolute atomic E-state index is 14.3. The van der Waals surface area contributed by atoms with Gasteiger partial charge in [-0.25, -0.2) is 8.78 Å². The van der Waals surface area contributed by atoms with Gasteiger partial charge >= 0.3 is 29.6 Å². The van der Waals surface area contributed by atoms with E-state index in [1.165, 1.54) is 5.56 Å². The van der Waals surface area contributed by atoms with Crippen LogP contribution in [0.25, 0.3) is 0 Å². The van der Waals surface area contributed by atoms with Crippen LogP contribution in [-0.2, 0) is 24.2 Å². The number of hydrogen-bond acceptors (Lipinski definition) is 5. The van der Waals surface area contributed by atoms with Gasteiger partial charge in [-0.1, -0.05) is 30.3 Å². The number of nitrogens with zero attached hydrogens (tertiary/aromatic N) is 1. The molecule has 0 bridgehead atoms. The fraction of sp³-hybridized carbons (Fsp3) is 0.296. The fourth-order valence-corrected chi connectivity index (χ4v) is 4.22. The number of ether oxygens (including phenoxy) is 2. The van der Waals surface area contributed by atoms with E-state index in [2.05, 4.69) is 11.0 Å². The minimum atomic E-state index is -1.35. The molecule has 3 aromatic rings. The molecule has 0 fully saturated rings. The Morgan fingerprint density at radius 1 is 0.971 bits per heavy atom. The number of aliphatic carboxylic acids is 1. The minimum absolute atomic E-state index is 0. The topological polar surface area (TPSA) is 61.8 Å². The zero-order valence-corrected chi connectivity index (χ0v) is 21.8. The van der Waals surface area contributed by atoms with E-state index < -0.39 is 24.0 Å². The Morgan fingerprint density at radius 2 is 1.71 bits per heavy atom. The Hall–Kier alpha value is -2.61. The third kappa shape index (κ3) is 7.19. The van der Waals surface area contributed by atoms with Gasteiger partial charge in [0.1, 0.15) is 36.3 Å². The molecule has 3 aromatic carbocycles. The zero-order chi connectivity index (χ0) is 23.9. The van der Waals surface area contributed by atoms with Gasteiger partial charge in [-0.05, 0) is 55.0 Å². The number of carboxylic acid groups (broad SMARTS) is 1. The second-order valence-corrected chi connectivity index (χ2v) is 8.19. The molecule has 0 spiro atoms. The van der Waals surface area contributed by atoms with E-state index in [1.807, 2.05) is 42.5 Å². The number of hydrogen-bond donors (Lipinski definition) is 0. The normalized spacial score (nSPS) is 12.5. The van der Waals surface area contributed by atoms with Crippen LogP contribution in [0, 0.1) is 11.6 Å². The van der Waals surface area contributed by atoms with Crippen LogP contribution in [0.1, 0.15) is 29.5 Å². The molecule has 0 aliphatic carbocycles. The van der Waals surface area contributed by atoms with Gasteiger partial charge < -0.3 is 24.3 Å². The Bertz CT molecular complexity index is 1120. The quantitative estimate of drug-likeness (QED) is 0.399. The van der Waals surface area contributed by atoms with Gasteiger partial charge in [0, 0.05) is 35.9 Å². The third-order valence-electron chi connectivity index (χ3n) is 5.90. The van der Waals surface area contributed by atoms with Gasteiger partial charge in [0.25, 0.3) is 0 Å². The van der Waals surface area contributed by atoms with Gasteiger partial charge in [-0.3, -0.25) is 0 Å². The number of rotatable bonds is 10. The molecule has 1 aliphatic rings. The van der Waals surface area contributed by atoms with Gasteiger partial charge in [-0.2, -0.15) is 0 Å². The first-order chi connectivity index (χ1) is 16.5. The summed E-state index contributed by atoms with van der Waals surface area (Å²) in [5.74, 6) is -2.10. The van der Waals surface area contributed by atoms with Crippen molar-refractivity contribution in [3.63, 3.8) is 0 Å². The van der Waals surface area contributed by atoms with Crippen molar-refractivity contribution in [3.05, 3.63) is 89.0 Å². The standard InChI is InChI=1S/C27H27F2NO4.Na/c28-24-16-21(17-25(29)23(24)11-12-27(31)32)34-18-19-6-4-10-26-22(19)9-5-13-30(26)14-15-33-20-7-2-1-3-8-20;/h1-4,6-8,10,16-17H,5,9,11-15,18H2,(H,31,32);/q;+1/p-1. The second-order valence-electron chi connectivity index (χ2n) is 8.19. The summed E-state index contributed by atoms with van der Waals surface area (Å²) >= 11 is 0. The van der Waals surface area contributed by atoms with Crippen LogP contribution < -0.4 is 49.0 Å². The smallest absolute Gasteiger partial charge is 0.550 e. The summed E-state index contributed by atoms with van der Waals surface area (Å²) < 4.78 is 40.2. The third-order valence-corrected chi connectivity index (χ3v) is 5.90. The predicted molar refractivity (Wildman–Crippen MR) is 123 cm³/mol. The number of carboxylic acids is 1. The van der Waals surface area contributed by atoms with Crippen LogP contribution in [0.2, 0.25) is 0 Å². The number of para-hydroxylation sites is 1. The van der Waals surface area contributed by atoms with E-state index in [1.54, 1.807) is 0 Å². The van der Waals surface area contributed by atoms with Crippen molar-refractivity contribution in [1.82, 2.24) is 0 Å². The molecule has 0 saturated carbocycles. The summed E-state index contributed by atoms with van der Waals surface area (Å²) in [4.78, 5) is 12.9. The molecule has 0 saturated heterocycles. The molecular formula is C27H26F2NNaO4. The molecule has 1 heterocycles. The fourth-order valence-electron chi connectivity index (χ4n) is 4.22. The van der Waals surface area contributed by atoms with Crippen LogP contribution in [0.4, 0.5) is 14.5 Å². The Balaban J connectivity index is 0.00000342. The van der Waals surface area contributed by atoms with Crippen molar-refractivity contribution < 1.29 is 57.7 Å². The maximum Gasteiger partial charge on any atom is 1.00 e. The number of fused-ring (bicyclic) bond motifs is 1. The van der Waals surface area contributed by atoms with E-state index in [9.17, 15) is 18.7 Å². The van der Waals surface area contributed by atoms with E-state index in [4.69, 9.17) is 9.47 Å². The molecule has 1 aliphatic heterocycles. The number of halogens is 2. The van der Waals surface area contributed by atoms with E-state index >= 15 is 0 Å². The zero-order valence-electron chi connectivity index (χ0n) is 19.8. The number of carbonyl (C=O) groups is 1. The number of benzene rings is 3. The van der Waals surface area contributed by atoms with Crippen molar-refractivity contribution in [2.24, 2.45) is 0 Å². The van der Waals surface area contributed by atoms with E-state index in [-0.39, 0.29) is 53.9 Å². The Morgan fingerprint density at radius 3 is 2.43 bits per heavy atom. The van der Waals surface area contributed by atoms with Crippen molar-refractivity contribution >= 4 is 11.7 Å². The first-order valence-electron chi connectivity index (χ1n) is 11.4. The maximum atomic E-state index is 14.3. The van der Waals surface area contributed by atoms with E-state index in [0.717, 1.165) is 55.1 Å². The average Bonchev–Trinajstić information content (AvgIpc) is 2.83. The van der Waals surface area contributed by atoms with Gasteiger partial charge in [0.2, 0.25) is 0 Å². The summed E-state index contributed by atoms with van der Waals surface area (Å²) in [7, 11) is 0. The first-order valence-corrected chi connectivity index (χ1v) is 11.4. The predicted octanol–water partition coefficient (Wildman–Crippen LogP) is 1.06. The largest absolute Gasteiger partial charge is 1.00 e. The molecule has 0 amide bonds. The van der Waals surface area contributed by atoms with Gasteiger partial charge in [0.15, 0.2) is 0 Å². The molecule has 0 unspecified atom stereocenters. The molecular weight excluding hydrogens is 463 g/mol. The van der Waals surface area contributed by atoms with E-state index in [0.29, 0.717) is 6.61 Å². The molecule has 8 heteroatoms. The van der Waals surface area contributed by atoms with Crippen LogP contribution >= 0.6 is 0 Å². The monoisotopic (exact) mass is 489 g/mol. The van der Waals surface area contributed by atoms with Crippen molar-refractivity contribution in [1.29, 1.82) is 0 Å². The summed E-state index contributed by atoms with van der Waals surface area (Å²) in [6, 6.07) is 17.9. The summed E-state index contributed by atoms with van der Waals surface area (Å²) in [6.45, 7) is 2.41. The SMILES string of the molecule is O=C([O-])CCc1c(F)cc(OCc2cccc3c2CCCN3CCOc2ccccc2)cc1F.[Na+]. The molecule has 0 aromatic heterocycles. The molecule has 0 radical (unpaired) electrons. The van der Waals surface area contributed by atoms with Crippen LogP contribution in [-0.4, -0.2) is 25.7 Å². The van der Waals surface area contributed by atoms with Crippen molar-refractivity contribution in [2.45, 2.75) is 32.3 Å². The molecule has 0 N–H and O–H groups in total. The molecule has 35 heavy (non-hydrogen) atoms. The second kappa shape index (κ2) is 12.9. The van der Waals surface area contributed by atoms with Crippen LogP contribution in [0.5, 0.6) is 11.5 Å². The molecule has 5 nitrogen and oxygen atoms in total. The number of carbonyl (C=O) groups excluding carboxylic acids is 1. The first kappa shape index (κ1) is 27.0. The summed E-state index contributed by atoms with van der Waals surface area (Å²) in [5, 5.41) is 10.6. The Labute approximate surface area is 226 Å². The molecule has 0 atom stereocenters. The average molecular weight is 489 g/mol. The number of anilines is 1. The summed E-state index contributed by atoms with van der Waals surface area (Å²) in [6.07, 6.45) is 1.18. The minimum Gasteiger partial charge on any atom is -0.550 e. The van der Waals surface area contributed by atoms with Gasteiger partial charge in [-0.15, -0.1) is 0 Å².